The van der Waals surface area contributed by atoms with Gasteiger partial charge in [-0.05, 0) is 44.9 Å². The third-order valence-corrected chi connectivity index (χ3v) is 2.92. The number of nitrogens with two attached hydrogens (primary N) is 1. The van der Waals surface area contributed by atoms with Gasteiger partial charge in [-0.2, -0.15) is 0 Å². The van der Waals surface area contributed by atoms with Crippen molar-refractivity contribution in [2.45, 2.75) is 39.8 Å². The molecule has 5 heteroatoms. The maximum Gasteiger partial charge on any atom is 0.161 e. The maximum absolute atomic E-state index is 5.83. The van der Waals surface area contributed by atoms with Crippen molar-refractivity contribution in [3.8, 4) is 11.5 Å². The highest BCUT2D eigenvalue weighted by molar-refractivity contribution is 5.43. The van der Waals surface area contributed by atoms with E-state index in [0.717, 1.165) is 29.2 Å². The smallest absolute Gasteiger partial charge is 0.161 e. The minimum atomic E-state index is 0.115. The molecular weight excluding hydrogens is 268 g/mol. The van der Waals surface area contributed by atoms with Crippen molar-refractivity contribution in [2.24, 2.45) is 5.73 Å². The first-order valence-electron chi connectivity index (χ1n) is 7.14. The van der Waals surface area contributed by atoms with Crippen LogP contribution in [0.1, 0.15) is 30.9 Å². The highest BCUT2D eigenvalue weighted by Crippen LogP contribution is 2.29. The molecule has 0 aliphatic rings. The quantitative estimate of drug-likeness (QED) is 0.849. The Morgan fingerprint density at radius 2 is 2.05 bits per heavy atom. The van der Waals surface area contributed by atoms with E-state index in [4.69, 9.17) is 19.7 Å². The van der Waals surface area contributed by atoms with Gasteiger partial charge in [0.25, 0.3) is 0 Å². The molecule has 0 fully saturated rings. The van der Waals surface area contributed by atoms with Crippen LogP contribution >= 0.6 is 0 Å². The Hall–Kier alpha value is -2.01. The molecule has 0 aliphatic heterocycles. The van der Waals surface area contributed by atoms with Crippen molar-refractivity contribution in [3.05, 3.63) is 41.3 Å². The van der Waals surface area contributed by atoms with Gasteiger partial charge in [0, 0.05) is 12.1 Å². The highest BCUT2D eigenvalue weighted by atomic mass is 16.5. The summed E-state index contributed by atoms with van der Waals surface area (Å²) in [5.41, 5.74) is 7.73. The van der Waals surface area contributed by atoms with E-state index in [2.05, 4.69) is 5.16 Å². The molecule has 1 heterocycles. The topological polar surface area (TPSA) is 70.5 Å². The number of aromatic nitrogens is 1. The Morgan fingerprint density at radius 3 is 2.67 bits per heavy atom. The lowest BCUT2D eigenvalue weighted by atomic mass is 10.1. The van der Waals surface area contributed by atoms with Crippen molar-refractivity contribution in [1.82, 2.24) is 5.16 Å². The lowest BCUT2D eigenvalue weighted by molar-refractivity contribution is 0.259. The number of rotatable bonds is 7. The molecule has 0 aliphatic carbocycles. The van der Waals surface area contributed by atoms with E-state index in [1.54, 1.807) is 0 Å². The minimum Gasteiger partial charge on any atom is -0.490 e. The summed E-state index contributed by atoms with van der Waals surface area (Å²) in [5.74, 6) is 2.20. The molecule has 5 nitrogen and oxygen atoms in total. The Labute approximate surface area is 125 Å². The second kappa shape index (κ2) is 7.13. The van der Waals surface area contributed by atoms with Crippen LogP contribution in [-0.2, 0) is 13.0 Å². The van der Waals surface area contributed by atoms with E-state index in [0.29, 0.717) is 19.0 Å². The van der Waals surface area contributed by atoms with Gasteiger partial charge >= 0.3 is 0 Å². The van der Waals surface area contributed by atoms with E-state index < -0.39 is 0 Å². The highest BCUT2D eigenvalue weighted by Gasteiger charge is 2.09. The molecule has 0 saturated heterocycles. The van der Waals surface area contributed by atoms with Gasteiger partial charge in [0.2, 0.25) is 0 Å². The van der Waals surface area contributed by atoms with Crippen LogP contribution in [0.3, 0.4) is 0 Å². The summed E-state index contributed by atoms with van der Waals surface area (Å²) in [7, 11) is 0. The summed E-state index contributed by atoms with van der Waals surface area (Å²) in [6.07, 6.45) is 0.808. The molecule has 0 saturated carbocycles. The monoisotopic (exact) mass is 290 g/mol. The van der Waals surface area contributed by atoms with Crippen molar-refractivity contribution in [1.29, 1.82) is 0 Å². The van der Waals surface area contributed by atoms with E-state index in [1.165, 1.54) is 0 Å². The van der Waals surface area contributed by atoms with Crippen LogP contribution in [0.5, 0.6) is 11.5 Å². The number of aryl methyl sites for hydroxylation is 1. The fourth-order valence-corrected chi connectivity index (χ4v) is 2.08. The molecular formula is C16H22N2O3. The van der Waals surface area contributed by atoms with Gasteiger partial charge in [-0.15, -0.1) is 0 Å². The molecule has 2 N–H and O–H groups in total. The molecule has 1 atom stereocenters. The Balaban J connectivity index is 2.09. The molecule has 21 heavy (non-hydrogen) atoms. The number of ether oxygens (including phenoxy) is 2. The van der Waals surface area contributed by atoms with Crippen LogP contribution in [0.15, 0.2) is 28.8 Å². The van der Waals surface area contributed by atoms with Crippen LogP contribution in [0.4, 0.5) is 0 Å². The Kier molecular flexibility index (Phi) is 5.22. The van der Waals surface area contributed by atoms with E-state index in [1.807, 2.05) is 45.0 Å². The Bertz CT molecular complexity index is 579. The standard InChI is InChI=1S/C16H22N2O3/c1-4-19-16-9-13(7-11(2)17)5-6-15(16)20-10-14-8-12(3)21-18-14/h5-6,8-9,11H,4,7,10,17H2,1-3H3. The molecule has 0 radical (unpaired) electrons. The zero-order valence-corrected chi connectivity index (χ0v) is 12.8. The number of benzene rings is 1. The largest absolute Gasteiger partial charge is 0.490 e. The van der Waals surface area contributed by atoms with Gasteiger partial charge in [0.1, 0.15) is 18.1 Å². The summed E-state index contributed by atoms with van der Waals surface area (Å²) in [6, 6.07) is 7.87. The van der Waals surface area contributed by atoms with E-state index in [-0.39, 0.29) is 6.04 Å². The first-order valence-corrected chi connectivity index (χ1v) is 7.14. The average molecular weight is 290 g/mol. The van der Waals surface area contributed by atoms with Crippen molar-refractivity contribution >= 4 is 0 Å². The summed E-state index contributed by atoms with van der Waals surface area (Å²) >= 11 is 0. The van der Waals surface area contributed by atoms with Gasteiger partial charge in [0.05, 0.1) is 6.61 Å². The number of hydrogen-bond acceptors (Lipinski definition) is 5. The van der Waals surface area contributed by atoms with E-state index in [9.17, 15) is 0 Å². The van der Waals surface area contributed by atoms with Crippen LogP contribution in [-0.4, -0.2) is 17.8 Å². The first-order chi connectivity index (χ1) is 10.1. The molecule has 0 spiro atoms. The van der Waals surface area contributed by atoms with Crippen molar-refractivity contribution < 1.29 is 14.0 Å². The minimum absolute atomic E-state index is 0.115. The molecule has 0 bridgehead atoms. The molecule has 0 amide bonds. The first kappa shape index (κ1) is 15.4. The van der Waals surface area contributed by atoms with Gasteiger partial charge in [-0.3, -0.25) is 0 Å². The summed E-state index contributed by atoms with van der Waals surface area (Å²) in [4.78, 5) is 0. The number of hydrogen-bond donors (Lipinski definition) is 1. The Morgan fingerprint density at radius 1 is 1.24 bits per heavy atom. The summed E-state index contributed by atoms with van der Waals surface area (Å²) < 4.78 is 16.4. The molecule has 1 aromatic carbocycles. The predicted molar refractivity (Wildman–Crippen MR) is 80.5 cm³/mol. The molecule has 1 aromatic heterocycles. The second-order valence-corrected chi connectivity index (χ2v) is 5.11. The third kappa shape index (κ3) is 4.49. The maximum atomic E-state index is 5.83. The van der Waals surface area contributed by atoms with Crippen molar-refractivity contribution in [2.75, 3.05) is 6.61 Å². The van der Waals surface area contributed by atoms with Crippen LogP contribution in [0, 0.1) is 6.92 Å². The molecule has 1 unspecified atom stereocenters. The van der Waals surface area contributed by atoms with Crippen LogP contribution < -0.4 is 15.2 Å². The predicted octanol–water partition coefficient (Wildman–Crippen LogP) is 2.85. The lowest BCUT2D eigenvalue weighted by Gasteiger charge is -2.13. The third-order valence-electron chi connectivity index (χ3n) is 2.92. The zero-order valence-electron chi connectivity index (χ0n) is 12.8. The molecule has 114 valence electrons. The molecule has 2 rings (SSSR count). The molecule has 2 aromatic rings. The van der Waals surface area contributed by atoms with Gasteiger partial charge in [-0.1, -0.05) is 11.2 Å². The van der Waals surface area contributed by atoms with E-state index >= 15 is 0 Å². The average Bonchev–Trinajstić information content (AvgIpc) is 2.83. The number of nitrogens with zero attached hydrogens (tertiary/aromatic N) is 1. The fraction of sp³-hybridized carbons (Fsp3) is 0.438. The van der Waals surface area contributed by atoms with Crippen LogP contribution in [0.25, 0.3) is 0 Å². The normalized spacial score (nSPS) is 12.2. The van der Waals surface area contributed by atoms with Crippen molar-refractivity contribution in [3.63, 3.8) is 0 Å². The fourth-order valence-electron chi connectivity index (χ4n) is 2.08. The SMILES string of the molecule is CCOc1cc(CC(C)N)ccc1OCc1cc(C)on1. The van der Waals surface area contributed by atoms with Gasteiger partial charge in [-0.25, -0.2) is 0 Å². The summed E-state index contributed by atoms with van der Waals surface area (Å²) in [6.45, 7) is 6.72. The van der Waals surface area contributed by atoms with Gasteiger partial charge in [0.15, 0.2) is 11.5 Å². The lowest BCUT2D eigenvalue weighted by Crippen LogP contribution is -2.17. The summed E-state index contributed by atoms with van der Waals surface area (Å²) in [5, 5.41) is 3.91. The zero-order chi connectivity index (χ0) is 15.2. The van der Waals surface area contributed by atoms with Crippen LogP contribution in [0.2, 0.25) is 0 Å². The van der Waals surface area contributed by atoms with Gasteiger partial charge < -0.3 is 19.7 Å². The second-order valence-electron chi connectivity index (χ2n) is 5.11.